The molecule has 0 amide bonds. The van der Waals surface area contributed by atoms with Crippen molar-refractivity contribution in [3.05, 3.63) is 63.4 Å². The number of carbonyl (C=O) groups excluding carboxylic acids is 1. The van der Waals surface area contributed by atoms with E-state index in [0.717, 1.165) is 15.6 Å². The second kappa shape index (κ2) is 7.47. The molecule has 0 bridgehead atoms. The normalized spacial score (nSPS) is 11.0. The molecular weight excluding hydrogens is 385 g/mol. The van der Waals surface area contributed by atoms with E-state index in [4.69, 9.17) is 5.73 Å². The van der Waals surface area contributed by atoms with Crippen LogP contribution in [0, 0.1) is 5.82 Å². The molecule has 0 aliphatic heterocycles. The highest BCUT2D eigenvalue weighted by molar-refractivity contribution is 7.13. The van der Waals surface area contributed by atoms with Crippen molar-refractivity contribution in [3.63, 3.8) is 0 Å². The van der Waals surface area contributed by atoms with Crippen LogP contribution >= 0.6 is 22.7 Å². The zero-order chi connectivity index (χ0) is 18.8. The van der Waals surface area contributed by atoms with E-state index in [1.54, 1.807) is 23.8 Å². The van der Waals surface area contributed by atoms with Gasteiger partial charge in [0.25, 0.3) is 0 Å². The molecule has 3 aromatic heterocycles. The maximum absolute atomic E-state index is 13.8. The van der Waals surface area contributed by atoms with Crippen LogP contribution in [-0.2, 0) is 13.0 Å². The van der Waals surface area contributed by atoms with Gasteiger partial charge in [-0.05, 0) is 17.7 Å². The summed E-state index contributed by atoms with van der Waals surface area (Å²) in [6, 6.07) is 4.36. The average molecular weight is 399 g/mol. The molecule has 0 saturated carbocycles. The number of hydrogen-bond donors (Lipinski definition) is 2. The number of hydrogen-bond acceptors (Lipinski definition) is 7. The first-order valence-electron chi connectivity index (χ1n) is 8.05. The summed E-state index contributed by atoms with van der Waals surface area (Å²) in [5, 5.41) is 11.6. The Balaban J connectivity index is 1.61. The standard InChI is InChI=1S/C18H14FN5OS2/c19-12-2-1-10(13(4-12)14-8-26-17(5-20)23-14)3-16(25)15-9-27-18(24-15)11-6-21-22-7-11/h1-2,4,6-9H,3,5,20H2,(H,21,22). The lowest BCUT2D eigenvalue weighted by Gasteiger charge is -2.07. The number of aromatic nitrogens is 4. The summed E-state index contributed by atoms with van der Waals surface area (Å²) in [4.78, 5) is 21.5. The third-order valence-corrected chi connectivity index (χ3v) is 5.72. The number of rotatable bonds is 6. The molecule has 0 aliphatic rings. The van der Waals surface area contributed by atoms with Crippen molar-refractivity contribution in [3.8, 4) is 21.8 Å². The Kier molecular flexibility index (Phi) is 4.88. The van der Waals surface area contributed by atoms with Crippen molar-refractivity contribution < 1.29 is 9.18 Å². The maximum atomic E-state index is 13.8. The molecule has 1 aromatic carbocycles. The van der Waals surface area contributed by atoms with Crippen LogP contribution in [0.1, 0.15) is 21.1 Å². The second-order valence-electron chi connectivity index (χ2n) is 5.76. The molecule has 6 nitrogen and oxygen atoms in total. The lowest BCUT2D eigenvalue weighted by molar-refractivity contribution is 0.0989. The molecule has 0 spiro atoms. The number of halogens is 1. The van der Waals surface area contributed by atoms with E-state index < -0.39 is 0 Å². The molecular formula is C18H14FN5OS2. The molecule has 9 heteroatoms. The van der Waals surface area contributed by atoms with Crippen LogP contribution in [0.15, 0.2) is 41.4 Å². The number of benzene rings is 1. The number of H-pyrrole nitrogens is 1. The first-order valence-corrected chi connectivity index (χ1v) is 9.81. The number of nitrogens with zero attached hydrogens (tertiary/aromatic N) is 3. The fraction of sp³-hybridized carbons (Fsp3) is 0.111. The number of thiazole rings is 2. The molecule has 0 fully saturated rings. The predicted molar refractivity (Wildman–Crippen MR) is 103 cm³/mol. The van der Waals surface area contributed by atoms with Gasteiger partial charge in [0.05, 0.1) is 11.9 Å². The Labute approximate surface area is 161 Å². The van der Waals surface area contributed by atoms with Crippen LogP contribution in [0.3, 0.4) is 0 Å². The molecule has 0 saturated heterocycles. The van der Waals surface area contributed by atoms with Crippen molar-refractivity contribution in [1.82, 2.24) is 20.2 Å². The Bertz CT molecular complexity index is 1090. The average Bonchev–Trinajstić information content (AvgIpc) is 3.42. The molecule has 0 atom stereocenters. The number of nitrogens with one attached hydrogen (secondary N) is 1. The van der Waals surface area contributed by atoms with Gasteiger partial charge in [0.1, 0.15) is 21.5 Å². The van der Waals surface area contributed by atoms with Crippen LogP contribution in [0.25, 0.3) is 21.8 Å². The molecule has 0 radical (unpaired) electrons. The SMILES string of the molecule is NCc1nc(-c2cc(F)ccc2CC(=O)c2csc(-c3cn[nH]c3)n2)cs1. The third-order valence-electron chi connectivity index (χ3n) is 3.96. The van der Waals surface area contributed by atoms with E-state index in [0.29, 0.717) is 29.1 Å². The lowest BCUT2D eigenvalue weighted by Crippen LogP contribution is -2.06. The predicted octanol–water partition coefficient (Wildman–Crippen LogP) is 3.68. The van der Waals surface area contributed by atoms with Gasteiger partial charge >= 0.3 is 0 Å². The largest absolute Gasteiger partial charge is 0.325 e. The molecule has 0 unspecified atom stereocenters. The van der Waals surface area contributed by atoms with Gasteiger partial charge in [-0.25, -0.2) is 14.4 Å². The molecule has 136 valence electrons. The number of ketones is 1. The summed E-state index contributed by atoms with van der Waals surface area (Å²) in [6.07, 6.45) is 3.49. The first kappa shape index (κ1) is 17.7. The summed E-state index contributed by atoms with van der Waals surface area (Å²) >= 11 is 2.79. The fourth-order valence-corrected chi connectivity index (χ4v) is 4.12. The van der Waals surface area contributed by atoms with Crippen molar-refractivity contribution in [1.29, 1.82) is 0 Å². The molecule has 3 N–H and O–H groups in total. The zero-order valence-electron chi connectivity index (χ0n) is 14.0. The lowest BCUT2D eigenvalue weighted by atomic mass is 9.99. The van der Waals surface area contributed by atoms with Crippen LogP contribution in [0.2, 0.25) is 0 Å². The monoisotopic (exact) mass is 399 g/mol. The van der Waals surface area contributed by atoms with Gasteiger partial charge in [0.15, 0.2) is 5.78 Å². The van der Waals surface area contributed by atoms with Crippen LogP contribution in [-0.4, -0.2) is 25.9 Å². The fourth-order valence-electron chi connectivity index (χ4n) is 2.64. The van der Waals surface area contributed by atoms with Crippen molar-refractivity contribution in [2.24, 2.45) is 5.73 Å². The quantitative estimate of drug-likeness (QED) is 0.482. The number of Topliss-reactive ketones (excluding diaryl/α,β-unsaturated/α-hetero) is 1. The summed E-state index contributed by atoms with van der Waals surface area (Å²) in [5.41, 5.74) is 8.76. The van der Waals surface area contributed by atoms with E-state index >= 15 is 0 Å². The highest BCUT2D eigenvalue weighted by Crippen LogP contribution is 2.28. The number of aromatic amines is 1. The van der Waals surface area contributed by atoms with Gasteiger partial charge in [0, 0.05) is 41.0 Å². The zero-order valence-corrected chi connectivity index (χ0v) is 15.6. The summed E-state index contributed by atoms with van der Waals surface area (Å²) in [5.74, 6) is -0.512. The van der Waals surface area contributed by atoms with Gasteiger partial charge in [0.2, 0.25) is 0 Å². The molecule has 27 heavy (non-hydrogen) atoms. The third kappa shape index (κ3) is 3.70. The molecule has 3 heterocycles. The van der Waals surface area contributed by atoms with Crippen LogP contribution in [0.5, 0.6) is 0 Å². The Morgan fingerprint density at radius 1 is 1.22 bits per heavy atom. The minimum Gasteiger partial charge on any atom is -0.325 e. The maximum Gasteiger partial charge on any atom is 0.186 e. The van der Waals surface area contributed by atoms with Gasteiger partial charge in [-0.1, -0.05) is 6.07 Å². The van der Waals surface area contributed by atoms with Gasteiger partial charge < -0.3 is 5.73 Å². The summed E-state index contributed by atoms with van der Waals surface area (Å²) in [7, 11) is 0. The van der Waals surface area contributed by atoms with Crippen LogP contribution < -0.4 is 5.73 Å². The molecule has 4 aromatic rings. The summed E-state index contributed by atoms with van der Waals surface area (Å²) in [6.45, 7) is 0.323. The van der Waals surface area contributed by atoms with Gasteiger partial charge in [-0.2, -0.15) is 5.10 Å². The first-order chi connectivity index (χ1) is 13.1. The molecule has 4 rings (SSSR count). The van der Waals surface area contributed by atoms with Crippen molar-refractivity contribution in [2.75, 3.05) is 0 Å². The van der Waals surface area contributed by atoms with Gasteiger partial charge in [-0.3, -0.25) is 9.89 Å². The Morgan fingerprint density at radius 3 is 2.85 bits per heavy atom. The number of carbonyl (C=O) groups is 1. The highest BCUT2D eigenvalue weighted by atomic mass is 32.1. The van der Waals surface area contributed by atoms with E-state index in [9.17, 15) is 9.18 Å². The second-order valence-corrected chi connectivity index (χ2v) is 7.56. The molecule has 0 aliphatic carbocycles. The smallest absolute Gasteiger partial charge is 0.186 e. The van der Waals surface area contributed by atoms with Crippen molar-refractivity contribution in [2.45, 2.75) is 13.0 Å². The van der Waals surface area contributed by atoms with Crippen LogP contribution in [0.4, 0.5) is 4.39 Å². The number of nitrogens with two attached hydrogens (primary N) is 1. The minimum atomic E-state index is -0.376. The van der Waals surface area contributed by atoms with E-state index in [-0.39, 0.29) is 18.0 Å². The Morgan fingerprint density at radius 2 is 2.11 bits per heavy atom. The van der Waals surface area contributed by atoms with Gasteiger partial charge in [-0.15, -0.1) is 22.7 Å². The van der Waals surface area contributed by atoms with E-state index in [1.807, 2.05) is 5.38 Å². The highest BCUT2D eigenvalue weighted by Gasteiger charge is 2.17. The topological polar surface area (TPSA) is 97.5 Å². The summed E-state index contributed by atoms with van der Waals surface area (Å²) < 4.78 is 13.8. The Hall–Kier alpha value is -2.75. The minimum absolute atomic E-state index is 0.111. The van der Waals surface area contributed by atoms with E-state index in [1.165, 1.54) is 34.8 Å². The van der Waals surface area contributed by atoms with E-state index in [2.05, 4.69) is 20.2 Å². The van der Waals surface area contributed by atoms with Crippen molar-refractivity contribution >= 4 is 28.5 Å².